The van der Waals surface area contributed by atoms with Crippen molar-refractivity contribution in [2.24, 2.45) is 0 Å². The summed E-state index contributed by atoms with van der Waals surface area (Å²) in [5.41, 5.74) is 0.598. The van der Waals surface area contributed by atoms with Crippen LogP contribution >= 0.6 is 0 Å². The van der Waals surface area contributed by atoms with Crippen LogP contribution in [-0.4, -0.2) is 21.8 Å². The SMILES string of the molecule is COc1ccc(COc2cc[c]cc2)c(S(C)(=O)=O)c1. The van der Waals surface area contributed by atoms with Crippen molar-refractivity contribution in [2.75, 3.05) is 13.4 Å². The molecule has 0 aliphatic carbocycles. The first-order chi connectivity index (χ1) is 9.50. The normalized spacial score (nSPS) is 11.1. The molecule has 0 heterocycles. The van der Waals surface area contributed by atoms with E-state index in [2.05, 4.69) is 6.07 Å². The molecule has 0 aliphatic rings. The average molecular weight is 291 g/mol. The molecule has 0 spiro atoms. The van der Waals surface area contributed by atoms with E-state index in [1.807, 2.05) is 0 Å². The molecule has 5 heteroatoms. The Hall–Kier alpha value is -2.01. The molecule has 0 atom stereocenters. The topological polar surface area (TPSA) is 52.6 Å². The molecule has 2 rings (SSSR count). The van der Waals surface area contributed by atoms with Gasteiger partial charge in [-0.15, -0.1) is 0 Å². The number of sulfone groups is 1. The maximum absolute atomic E-state index is 11.8. The van der Waals surface area contributed by atoms with Crippen molar-refractivity contribution in [1.29, 1.82) is 0 Å². The quantitative estimate of drug-likeness (QED) is 0.849. The van der Waals surface area contributed by atoms with Crippen LogP contribution in [0.1, 0.15) is 5.56 Å². The third kappa shape index (κ3) is 3.51. The highest BCUT2D eigenvalue weighted by atomic mass is 32.2. The molecule has 0 N–H and O–H groups in total. The molecule has 0 unspecified atom stereocenters. The van der Waals surface area contributed by atoms with Crippen LogP contribution in [0.2, 0.25) is 0 Å². The van der Waals surface area contributed by atoms with Crippen LogP contribution in [-0.2, 0) is 16.4 Å². The van der Waals surface area contributed by atoms with Crippen LogP contribution in [0.4, 0.5) is 0 Å². The van der Waals surface area contributed by atoms with Gasteiger partial charge in [0.15, 0.2) is 9.84 Å². The monoisotopic (exact) mass is 291 g/mol. The molecule has 0 amide bonds. The lowest BCUT2D eigenvalue weighted by Gasteiger charge is -2.11. The summed E-state index contributed by atoms with van der Waals surface area (Å²) in [6.07, 6.45) is 1.17. The molecule has 2 aromatic carbocycles. The van der Waals surface area contributed by atoms with Gasteiger partial charge in [0.25, 0.3) is 0 Å². The largest absolute Gasteiger partial charge is 0.497 e. The van der Waals surface area contributed by atoms with E-state index < -0.39 is 9.84 Å². The van der Waals surface area contributed by atoms with E-state index in [0.29, 0.717) is 17.1 Å². The smallest absolute Gasteiger partial charge is 0.176 e. The third-order valence-corrected chi connectivity index (χ3v) is 3.93. The van der Waals surface area contributed by atoms with Crippen LogP contribution < -0.4 is 9.47 Å². The molecular formula is C15H15O4S. The minimum atomic E-state index is -3.34. The van der Waals surface area contributed by atoms with E-state index >= 15 is 0 Å². The Bertz CT molecular complexity index is 678. The number of benzene rings is 2. The Labute approximate surface area is 118 Å². The van der Waals surface area contributed by atoms with Gasteiger partial charge in [-0.05, 0) is 30.3 Å². The molecule has 0 aliphatic heterocycles. The number of ether oxygens (including phenoxy) is 2. The van der Waals surface area contributed by atoms with Crippen LogP contribution in [0.15, 0.2) is 47.4 Å². The minimum Gasteiger partial charge on any atom is -0.497 e. The lowest BCUT2D eigenvalue weighted by molar-refractivity contribution is 0.302. The zero-order valence-corrected chi connectivity index (χ0v) is 12.1. The summed E-state index contributed by atoms with van der Waals surface area (Å²) in [6, 6.07) is 14.8. The van der Waals surface area contributed by atoms with E-state index in [4.69, 9.17) is 9.47 Å². The van der Waals surface area contributed by atoms with Gasteiger partial charge in [0, 0.05) is 11.8 Å². The van der Waals surface area contributed by atoms with Crippen molar-refractivity contribution < 1.29 is 17.9 Å². The first kappa shape index (κ1) is 14.4. The van der Waals surface area contributed by atoms with E-state index in [9.17, 15) is 8.42 Å². The van der Waals surface area contributed by atoms with E-state index in [1.54, 1.807) is 36.4 Å². The van der Waals surface area contributed by atoms with Crippen LogP contribution in [0, 0.1) is 6.07 Å². The predicted octanol–water partition coefficient (Wildman–Crippen LogP) is 2.48. The van der Waals surface area contributed by atoms with Gasteiger partial charge in [0.2, 0.25) is 0 Å². The number of rotatable bonds is 5. The lowest BCUT2D eigenvalue weighted by atomic mass is 10.2. The first-order valence-corrected chi connectivity index (χ1v) is 7.86. The first-order valence-electron chi connectivity index (χ1n) is 5.96. The molecule has 0 saturated carbocycles. The van der Waals surface area contributed by atoms with Gasteiger partial charge in [-0.25, -0.2) is 8.42 Å². The van der Waals surface area contributed by atoms with Crippen molar-refractivity contribution >= 4 is 9.84 Å². The fraction of sp³-hybridized carbons (Fsp3) is 0.200. The molecule has 0 fully saturated rings. The number of hydrogen-bond donors (Lipinski definition) is 0. The highest BCUT2D eigenvalue weighted by Gasteiger charge is 2.15. The molecule has 0 bridgehead atoms. The summed E-state index contributed by atoms with van der Waals surface area (Å²) in [7, 11) is -1.84. The zero-order valence-electron chi connectivity index (χ0n) is 11.3. The Balaban J connectivity index is 2.27. The van der Waals surface area contributed by atoms with Gasteiger partial charge in [0.05, 0.1) is 12.0 Å². The summed E-state index contributed by atoms with van der Waals surface area (Å²) in [5.74, 6) is 1.17. The fourth-order valence-electron chi connectivity index (χ4n) is 1.76. The summed E-state index contributed by atoms with van der Waals surface area (Å²) in [4.78, 5) is 0.222. The maximum Gasteiger partial charge on any atom is 0.176 e. The minimum absolute atomic E-state index is 0.177. The summed E-state index contributed by atoms with van der Waals surface area (Å²) < 4.78 is 34.3. The Kier molecular flexibility index (Phi) is 4.29. The van der Waals surface area contributed by atoms with Crippen molar-refractivity contribution in [3.8, 4) is 11.5 Å². The molecule has 1 radical (unpaired) electrons. The van der Waals surface area contributed by atoms with Crippen LogP contribution in [0.5, 0.6) is 11.5 Å². The number of hydrogen-bond acceptors (Lipinski definition) is 4. The standard InChI is InChI=1S/C15H15O4S/c1-18-14-9-8-12(15(10-14)20(2,16)17)11-19-13-6-4-3-5-7-13/h4-10H,11H2,1-2H3. The van der Waals surface area contributed by atoms with Crippen LogP contribution in [0.25, 0.3) is 0 Å². The van der Waals surface area contributed by atoms with Gasteiger partial charge in [-0.3, -0.25) is 0 Å². The van der Waals surface area contributed by atoms with Crippen molar-refractivity contribution in [2.45, 2.75) is 11.5 Å². The predicted molar refractivity (Wildman–Crippen MR) is 75.7 cm³/mol. The van der Waals surface area contributed by atoms with E-state index in [-0.39, 0.29) is 11.5 Å². The third-order valence-electron chi connectivity index (χ3n) is 2.76. The van der Waals surface area contributed by atoms with Crippen molar-refractivity contribution in [3.05, 3.63) is 54.1 Å². The zero-order chi connectivity index (χ0) is 14.6. The molecule has 4 nitrogen and oxygen atoms in total. The number of methoxy groups -OCH3 is 1. The summed E-state index contributed by atoms with van der Waals surface area (Å²) >= 11 is 0. The van der Waals surface area contributed by atoms with E-state index in [1.165, 1.54) is 19.4 Å². The van der Waals surface area contributed by atoms with Gasteiger partial charge in [-0.1, -0.05) is 18.2 Å². The molecule has 20 heavy (non-hydrogen) atoms. The Morgan fingerprint density at radius 3 is 2.40 bits per heavy atom. The Morgan fingerprint density at radius 2 is 1.80 bits per heavy atom. The van der Waals surface area contributed by atoms with Gasteiger partial charge in [0.1, 0.15) is 18.1 Å². The molecule has 2 aromatic rings. The second kappa shape index (κ2) is 5.96. The fourth-order valence-corrected chi connectivity index (χ4v) is 2.69. The van der Waals surface area contributed by atoms with E-state index in [0.717, 1.165) is 0 Å². The maximum atomic E-state index is 11.8. The second-order valence-electron chi connectivity index (χ2n) is 4.27. The molecule has 0 saturated heterocycles. The molecular weight excluding hydrogens is 276 g/mol. The summed E-state index contributed by atoms with van der Waals surface area (Å²) in [6.45, 7) is 0.177. The van der Waals surface area contributed by atoms with Crippen LogP contribution in [0.3, 0.4) is 0 Å². The molecule has 105 valence electrons. The lowest BCUT2D eigenvalue weighted by Crippen LogP contribution is -2.06. The highest BCUT2D eigenvalue weighted by Crippen LogP contribution is 2.23. The van der Waals surface area contributed by atoms with Gasteiger partial charge < -0.3 is 9.47 Å². The summed E-state index contributed by atoms with van der Waals surface area (Å²) in [5, 5.41) is 0. The van der Waals surface area contributed by atoms with Gasteiger partial charge in [-0.2, -0.15) is 0 Å². The Morgan fingerprint density at radius 1 is 1.10 bits per heavy atom. The van der Waals surface area contributed by atoms with Crippen molar-refractivity contribution in [3.63, 3.8) is 0 Å². The van der Waals surface area contributed by atoms with Crippen molar-refractivity contribution in [1.82, 2.24) is 0 Å². The average Bonchev–Trinajstić information content (AvgIpc) is 2.45. The molecule has 0 aromatic heterocycles. The second-order valence-corrected chi connectivity index (χ2v) is 6.25. The highest BCUT2D eigenvalue weighted by molar-refractivity contribution is 7.90. The van der Waals surface area contributed by atoms with Gasteiger partial charge >= 0.3 is 0 Å².